The van der Waals surface area contributed by atoms with E-state index in [2.05, 4.69) is 10.3 Å². The molecule has 1 aliphatic heterocycles. The summed E-state index contributed by atoms with van der Waals surface area (Å²) < 4.78 is 5.29. The summed E-state index contributed by atoms with van der Waals surface area (Å²) in [6.45, 7) is 0. The molecule has 1 aliphatic rings. The van der Waals surface area contributed by atoms with E-state index in [1.807, 2.05) is 54.6 Å². The number of benzene rings is 3. The molecule has 30 heavy (non-hydrogen) atoms. The summed E-state index contributed by atoms with van der Waals surface area (Å²) >= 11 is 1.55. The number of carbonyl (C=O) groups excluding carboxylic acids is 2. The summed E-state index contributed by atoms with van der Waals surface area (Å²) in [7, 11) is 1.54. The highest BCUT2D eigenvalue weighted by molar-refractivity contribution is 8.00. The van der Waals surface area contributed by atoms with Crippen molar-refractivity contribution in [3.63, 3.8) is 0 Å². The minimum atomic E-state index is -0.236. The van der Waals surface area contributed by atoms with Gasteiger partial charge in [0.15, 0.2) is 5.78 Å². The van der Waals surface area contributed by atoms with Gasteiger partial charge >= 0.3 is 0 Å². The first kappa shape index (κ1) is 19.9. The summed E-state index contributed by atoms with van der Waals surface area (Å²) in [4.78, 5) is 30.7. The van der Waals surface area contributed by atoms with Gasteiger partial charge in [-0.25, -0.2) is 0 Å². The Morgan fingerprint density at radius 3 is 2.63 bits per heavy atom. The van der Waals surface area contributed by atoms with Crippen LogP contribution in [0.5, 0.6) is 5.75 Å². The average molecular weight is 417 g/mol. The molecule has 0 atom stereocenters. The van der Waals surface area contributed by atoms with Crippen LogP contribution in [0.15, 0.2) is 82.7 Å². The van der Waals surface area contributed by atoms with Crippen molar-refractivity contribution >= 4 is 40.5 Å². The molecule has 0 aromatic heterocycles. The number of carbonyl (C=O) groups is 2. The van der Waals surface area contributed by atoms with E-state index >= 15 is 0 Å². The zero-order valence-corrected chi connectivity index (χ0v) is 17.2. The third kappa shape index (κ3) is 4.28. The van der Waals surface area contributed by atoms with Crippen molar-refractivity contribution in [1.82, 2.24) is 0 Å². The molecule has 0 saturated heterocycles. The maximum Gasteiger partial charge on any atom is 0.259 e. The van der Waals surface area contributed by atoms with E-state index < -0.39 is 0 Å². The van der Waals surface area contributed by atoms with Crippen molar-refractivity contribution in [1.29, 1.82) is 0 Å². The topological polar surface area (TPSA) is 67.8 Å². The maximum atomic E-state index is 12.8. The Balaban J connectivity index is 1.50. The monoisotopic (exact) mass is 416 g/mol. The van der Waals surface area contributed by atoms with Gasteiger partial charge in [-0.2, -0.15) is 0 Å². The van der Waals surface area contributed by atoms with Gasteiger partial charge in [0, 0.05) is 21.9 Å². The number of hydrogen-bond acceptors (Lipinski definition) is 5. The van der Waals surface area contributed by atoms with Crippen molar-refractivity contribution in [2.24, 2.45) is 4.99 Å². The van der Waals surface area contributed by atoms with Gasteiger partial charge in [0.05, 0.1) is 30.5 Å². The maximum absolute atomic E-state index is 12.8. The van der Waals surface area contributed by atoms with Crippen molar-refractivity contribution in [3.8, 4) is 5.75 Å². The molecule has 150 valence electrons. The lowest BCUT2D eigenvalue weighted by molar-refractivity contribution is 0.0996. The van der Waals surface area contributed by atoms with Gasteiger partial charge in [0.25, 0.3) is 5.91 Å². The van der Waals surface area contributed by atoms with Crippen LogP contribution < -0.4 is 10.1 Å². The molecule has 3 aromatic rings. The largest absolute Gasteiger partial charge is 0.496 e. The number of para-hydroxylation sites is 3. The quantitative estimate of drug-likeness (QED) is 0.547. The third-order valence-electron chi connectivity index (χ3n) is 4.73. The highest BCUT2D eigenvalue weighted by Crippen LogP contribution is 2.31. The van der Waals surface area contributed by atoms with Gasteiger partial charge in [0.2, 0.25) is 0 Å². The first-order valence-electron chi connectivity index (χ1n) is 9.50. The van der Waals surface area contributed by atoms with E-state index in [1.54, 1.807) is 37.1 Å². The summed E-state index contributed by atoms with van der Waals surface area (Å²) in [5, 5.41) is 2.97. The third-order valence-corrected chi connectivity index (χ3v) is 5.87. The molecule has 3 aromatic carbocycles. The van der Waals surface area contributed by atoms with Gasteiger partial charge in [-0.05, 0) is 36.4 Å². The van der Waals surface area contributed by atoms with Gasteiger partial charge in [0.1, 0.15) is 5.75 Å². The van der Waals surface area contributed by atoms with Crippen molar-refractivity contribution in [2.45, 2.75) is 11.3 Å². The van der Waals surface area contributed by atoms with Crippen LogP contribution in [-0.4, -0.2) is 30.3 Å². The molecule has 0 unspecified atom stereocenters. The number of Topliss-reactive ketones (excluding diaryl/α,β-unsaturated/α-hetero) is 1. The number of ether oxygens (including phenoxy) is 1. The number of amides is 1. The Hall–Kier alpha value is -3.38. The van der Waals surface area contributed by atoms with Crippen LogP contribution in [0.3, 0.4) is 0 Å². The minimum Gasteiger partial charge on any atom is -0.496 e. The highest BCUT2D eigenvalue weighted by atomic mass is 32.2. The summed E-state index contributed by atoms with van der Waals surface area (Å²) in [6.07, 6.45) is 0.319. The lowest BCUT2D eigenvalue weighted by atomic mass is 10.0. The van der Waals surface area contributed by atoms with E-state index in [1.165, 1.54) is 0 Å². The van der Waals surface area contributed by atoms with Crippen LogP contribution in [0.25, 0.3) is 0 Å². The molecule has 1 N–H and O–H groups in total. The molecule has 0 spiro atoms. The molecular weight excluding hydrogens is 396 g/mol. The van der Waals surface area contributed by atoms with E-state index in [0.717, 1.165) is 16.3 Å². The van der Waals surface area contributed by atoms with Crippen LogP contribution in [0.4, 0.5) is 11.4 Å². The second kappa shape index (κ2) is 8.97. The molecule has 6 heteroatoms. The number of thioether (sulfide) groups is 1. The number of nitrogens with one attached hydrogen (secondary N) is 1. The van der Waals surface area contributed by atoms with Crippen LogP contribution in [0.1, 0.15) is 27.1 Å². The fourth-order valence-electron chi connectivity index (χ4n) is 3.26. The second-order valence-electron chi connectivity index (χ2n) is 6.73. The first-order chi connectivity index (χ1) is 14.7. The van der Waals surface area contributed by atoms with Crippen LogP contribution >= 0.6 is 11.8 Å². The normalized spacial score (nSPS) is 12.7. The van der Waals surface area contributed by atoms with Gasteiger partial charge in [-0.15, -0.1) is 11.8 Å². The molecule has 0 aliphatic carbocycles. The van der Waals surface area contributed by atoms with E-state index in [-0.39, 0.29) is 11.7 Å². The van der Waals surface area contributed by atoms with Gasteiger partial charge < -0.3 is 10.1 Å². The Kier molecular flexibility index (Phi) is 5.95. The molecule has 1 heterocycles. The molecule has 4 rings (SSSR count). The standard InChI is InChI=1S/C24H20N2O3S/c1-29-22-12-6-3-9-18(22)24(28)26-20-11-5-7-13-23(20)30-15-16-14-21(27)17-8-2-4-10-19(17)25-16/h2-13H,14-15H2,1H3,(H,26,28). The zero-order valence-electron chi connectivity index (χ0n) is 16.4. The second-order valence-corrected chi connectivity index (χ2v) is 7.75. The van der Waals surface area contributed by atoms with Crippen molar-refractivity contribution in [3.05, 3.63) is 83.9 Å². The predicted octanol–water partition coefficient (Wildman–Crippen LogP) is 5.40. The molecule has 0 saturated carbocycles. The van der Waals surface area contributed by atoms with E-state index in [4.69, 9.17) is 4.74 Å². The Morgan fingerprint density at radius 2 is 1.77 bits per heavy atom. The smallest absolute Gasteiger partial charge is 0.259 e. The highest BCUT2D eigenvalue weighted by Gasteiger charge is 2.20. The van der Waals surface area contributed by atoms with Crippen LogP contribution in [0.2, 0.25) is 0 Å². The molecular formula is C24H20N2O3S. The molecule has 5 nitrogen and oxygen atoms in total. The number of fused-ring (bicyclic) bond motifs is 1. The van der Waals surface area contributed by atoms with Crippen LogP contribution in [0, 0.1) is 0 Å². The number of hydrogen-bond donors (Lipinski definition) is 1. The van der Waals surface area contributed by atoms with Gasteiger partial charge in [-0.1, -0.05) is 36.4 Å². The summed E-state index contributed by atoms with van der Waals surface area (Å²) in [6, 6.07) is 22.1. The predicted molar refractivity (Wildman–Crippen MR) is 121 cm³/mol. The molecule has 0 fully saturated rings. The fourth-order valence-corrected chi connectivity index (χ4v) is 4.20. The number of methoxy groups -OCH3 is 1. The molecule has 1 amide bonds. The number of rotatable bonds is 6. The fraction of sp³-hybridized carbons (Fsp3) is 0.125. The zero-order chi connectivity index (χ0) is 20.9. The number of aliphatic imine (C=N–C) groups is 1. The number of anilines is 1. The Labute approximate surface area is 179 Å². The van der Waals surface area contributed by atoms with Crippen molar-refractivity contribution < 1.29 is 14.3 Å². The Morgan fingerprint density at radius 1 is 1.03 bits per heavy atom. The summed E-state index contributed by atoms with van der Waals surface area (Å²) in [5.74, 6) is 0.948. The first-order valence-corrected chi connectivity index (χ1v) is 10.5. The van der Waals surface area contributed by atoms with E-state index in [0.29, 0.717) is 34.7 Å². The van der Waals surface area contributed by atoms with Crippen molar-refractivity contribution in [2.75, 3.05) is 18.2 Å². The Bertz CT molecular complexity index is 1140. The number of ketones is 1. The SMILES string of the molecule is COc1ccccc1C(=O)Nc1ccccc1SCC1=Nc2ccccc2C(=O)C1. The lowest BCUT2D eigenvalue weighted by Gasteiger charge is -2.15. The lowest BCUT2D eigenvalue weighted by Crippen LogP contribution is -2.16. The van der Waals surface area contributed by atoms with Gasteiger partial charge in [-0.3, -0.25) is 14.6 Å². The average Bonchev–Trinajstić information content (AvgIpc) is 2.78. The molecule has 0 radical (unpaired) electrons. The summed E-state index contributed by atoms with van der Waals surface area (Å²) in [5.41, 5.74) is 3.41. The van der Waals surface area contributed by atoms with Crippen LogP contribution in [-0.2, 0) is 0 Å². The van der Waals surface area contributed by atoms with E-state index in [9.17, 15) is 9.59 Å². The molecule has 0 bridgehead atoms. The minimum absolute atomic E-state index is 0.0916. The number of nitrogens with zero attached hydrogens (tertiary/aromatic N) is 1.